The summed E-state index contributed by atoms with van der Waals surface area (Å²) in [5.74, 6) is -1.47. The highest BCUT2D eigenvalue weighted by Crippen LogP contribution is 2.36. The van der Waals surface area contributed by atoms with Gasteiger partial charge in [0, 0.05) is 16.9 Å². The lowest BCUT2D eigenvalue weighted by molar-refractivity contribution is -0.904. The topological polar surface area (TPSA) is 62.4 Å². The lowest BCUT2D eigenvalue weighted by atomic mass is 10.1. The van der Waals surface area contributed by atoms with E-state index < -0.39 is 23.5 Å². The first-order valence-corrected chi connectivity index (χ1v) is 8.30. The van der Waals surface area contributed by atoms with E-state index in [2.05, 4.69) is 5.32 Å². The van der Waals surface area contributed by atoms with Crippen LogP contribution in [0.15, 0.2) is 60.9 Å². The van der Waals surface area contributed by atoms with Crippen LogP contribution in [0, 0.1) is 12.7 Å². The van der Waals surface area contributed by atoms with Gasteiger partial charge in [-0.1, -0.05) is 0 Å². The summed E-state index contributed by atoms with van der Waals surface area (Å²) in [5, 5.41) is 11.7. The van der Waals surface area contributed by atoms with E-state index in [1.165, 1.54) is 37.5 Å². The molecular weight excluding hydrogens is 392 g/mol. The summed E-state index contributed by atoms with van der Waals surface area (Å²) in [7, 11) is 0. The van der Waals surface area contributed by atoms with Crippen molar-refractivity contribution in [3.8, 4) is 11.5 Å². The molecule has 150 valence electrons. The zero-order valence-electron chi connectivity index (χ0n) is 15.0. The summed E-state index contributed by atoms with van der Waals surface area (Å²) in [4.78, 5) is 12.6. The maximum Gasteiger partial charge on any atom is 0.416 e. The Morgan fingerprint density at radius 2 is 1.72 bits per heavy atom. The Labute approximate surface area is 162 Å². The molecule has 3 rings (SSSR count). The quantitative estimate of drug-likeness (QED) is 0.374. The number of alkyl halides is 3. The van der Waals surface area contributed by atoms with Gasteiger partial charge in [-0.3, -0.25) is 10.0 Å². The van der Waals surface area contributed by atoms with Gasteiger partial charge in [0.2, 0.25) is 12.4 Å². The van der Waals surface area contributed by atoms with Crippen LogP contribution in [0.4, 0.5) is 23.2 Å². The van der Waals surface area contributed by atoms with Gasteiger partial charge in [0.15, 0.2) is 0 Å². The summed E-state index contributed by atoms with van der Waals surface area (Å²) in [6.07, 6.45) is -2.11. The predicted octanol–water partition coefficient (Wildman–Crippen LogP) is 4.72. The molecule has 1 aromatic heterocycles. The Bertz CT molecular complexity index is 1050. The van der Waals surface area contributed by atoms with Gasteiger partial charge in [0.1, 0.15) is 17.3 Å². The van der Waals surface area contributed by atoms with Gasteiger partial charge in [-0.05, 0) is 48.9 Å². The minimum absolute atomic E-state index is 0.112. The molecule has 0 bridgehead atoms. The molecule has 0 fully saturated rings. The lowest BCUT2D eigenvalue weighted by Crippen LogP contribution is -2.28. The smallest absolute Gasteiger partial charge is 0.416 e. The van der Waals surface area contributed by atoms with E-state index in [0.29, 0.717) is 17.3 Å². The number of nitrogens with one attached hydrogen (secondary N) is 1. The van der Waals surface area contributed by atoms with Crippen molar-refractivity contribution < 1.29 is 37.0 Å². The number of aromatic nitrogens is 1. The highest BCUT2D eigenvalue weighted by atomic mass is 19.4. The van der Waals surface area contributed by atoms with Gasteiger partial charge in [0.25, 0.3) is 5.91 Å². The molecule has 0 aliphatic heterocycles. The summed E-state index contributed by atoms with van der Waals surface area (Å²) in [5.41, 5.74) is -0.485. The number of hydrogen-bond acceptors (Lipinski definition) is 3. The van der Waals surface area contributed by atoms with Crippen LogP contribution in [0.1, 0.15) is 21.5 Å². The molecule has 5 nitrogen and oxygen atoms in total. The van der Waals surface area contributed by atoms with E-state index in [4.69, 9.17) is 4.74 Å². The van der Waals surface area contributed by atoms with Gasteiger partial charge in [-0.2, -0.15) is 13.2 Å². The molecule has 2 N–H and O–H groups in total. The zero-order valence-corrected chi connectivity index (χ0v) is 15.0. The normalized spacial score (nSPS) is 11.2. The molecule has 0 radical (unpaired) electrons. The van der Waals surface area contributed by atoms with Gasteiger partial charge in [0.05, 0.1) is 16.8 Å². The molecule has 0 saturated heterocycles. The third-order valence-corrected chi connectivity index (χ3v) is 3.98. The number of halogens is 4. The van der Waals surface area contributed by atoms with Crippen molar-refractivity contribution in [2.75, 3.05) is 5.32 Å². The average Bonchev–Trinajstić information content (AvgIpc) is 2.65. The van der Waals surface area contributed by atoms with E-state index in [9.17, 15) is 27.6 Å². The maximum atomic E-state index is 13.3. The monoisotopic (exact) mass is 407 g/mol. The van der Waals surface area contributed by atoms with E-state index in [1.807, 2.05) is 0 Å². The molecule has 1 amide bonds. The van der Waals surface area contributed by atoms with Crippen LogP contribution in [-0.4, -0.2) is 11.1 Å². The summed E-state index contributed by atoms with van der Waals surface area (Å²) in [6, 6.07) is 8.81. The van der Waals surface area contributed by atoms with Crippen molar-refractivity contribution in [1.82, 2.24) is 0 Å². The van der Waals surface area contributed by atoms with Crippen LogP contribution in [0.3, 0.4) is 0 Å². The fourth-order valence-electron chi connectivity index (χ4n) is 2.52. The number of carbonyl (C=O) groups excluding carboxylic acids is 1. The molecule has 0 aliphatic carbocycles. The Kier molecular flexibility index (Phi) is 5.40. The molecular formula is C20H15F4N2O3+. The second-order valence-corrected chi connectivity index (χ2v) is 6.14. The molecule has 2 aromatic carbocycles. The van der Waals surface area contributed by atoms with Gasteiger partial charge < -0.3 is 10.1 Å². The van der Waals surface area contributed by atoms with E-state index in [1.54, 1.807) is 0 Å². The van der Waals surface area contributed by atoms with Crippen LogP contribution in [0.5, 0.6) is 11.5 Å². The number of nitrogens with zero attached hydrogens (tertiary/aromatic N) is 1. The molecule has 0 aliphatic rings. The fraction of sp³-hybridized carbons (Fsp3) is 0.100. The van der Waals surface area contributed by atoms with E-state index in [-0.39, 0.29) is 17.1 Å². The molecule has 0 unspecified atom stereocenters. The summed E-state index contributed by atoms with van der Waals surface area (Å²) < 4.78 is 59.0. The van der Waals surface area contributed by atoms with Gasteiger partial charge >= 0.3 is 6.18 Å². The molecule has 0 spiro atoms. The number of carbonyl (C=O) groups is 1. The van der Waals surface area contributed by atoms with Crippen molar-refractivity contribution in [1.29, 1.82) is 0 Å². The summed E-state index contributed by atoms with van der Waals surface area (Å²) in [6.45, 7) is 1.53. The lowest BCUT2D eigenvalue weighted by Gasteiger charge is -2.15. The maximum absolute atomic E-state index is 13.3. The van der Waals surface area contributed by atoms with Crippen molar-refractivity contribution in [3.05, 3.63) is 83.4 Å². The third-order valence-electron chi connectivity index (χ3n) is 3.98. The average molecular weight is 407 g/mol. The second kappa shape index (κ2) is 7.78. The van der Waals surface area contributed by atoms with Gasteiger partial charge in [-0.15, -0.1) is 0 Å². The predicted molar refractivity (Wildman–Crippen MR) is 94.4 cm³/mol. The second-order valence-electron chi connectivity index (χ2n) is 6.14. The molecule has 3 aromatic rings. The number of amides is 1. The van der Waals surface area contributed by atoms with Gasteiger partial charge in [-0.25, -0.2) is 4.39 Å². The first-order chi connectivity index (χ1) is 13.6. The number of benzene rings is 2. The molecule has 29 heavy (non-hydrogen) atoms. The highest BCUT2D eigenvalue weighted by molar-refractivity contribution is 6.06. The van der Waals surface area contributed by atoms with Crippen LogP contribution >= 0.6 is 0 Å². The minimum Gasteiger partial charge on any atom is -0.456 e. The van der Waals surface area contributed by atoms with Crippen LogP contribution in [-0.2, 0) is 6.18 Å². The number of aryl methyl sites for hydroxylation is 1. The molecule has 1 heterocycles. The standard InChI is InChI=1S/C20H14F4N2O3/c1-12-10-14(21)3-5-17(12)29-18-11-13(20(22,23)24)2-4-16(18)19(27)25-15-6-8-26(28)9-7-15/h2-11,28H,1H3/p+1. The number of rotatable bonds is 4. The molecule has 0 atom stereocenters. The Morgan fingerprint density at radius 3 is 2.34 bits per heavy atom. The van der Waals surface area contributed by atoms with Crippen molar-refractivity contribution >= 4 is 11.6 Å². The Hall–Kier alpha value is -3.62. The zero-order chi connectivity index (χ0) is 21.2. The number of pyridine rings is 1. The van der Waals surface area contributed by atoms with Crippen molar-refractivity contribution in [2.24, 2.45) is 0 Å². The SMILES string of the molecule is Cc1cc(F)ccc1Oc1cc(C(F)(F)F)ccc1C(=O)Nc1cc[n+](O)cc1. The Morgan fingerprint density at radius 1 is 1.03 bits per heavy atom. The van der Waals surface area contributed by atoms with Crippen molar-refractivity contribution in [2.45, 2.75) is 13.1 Å². The van der Waals surface area contributed by atoms with Crippen LogP contribution in [0.25, 0.3) is 0 Å². The molecule has 0 saturated carbocycles. The van der Waals surface area contributed by atoms with Crippen LogP contribution < -0.4 is 14.8 Å². The van der Waals surface area contributed by atoms with Crippen molar-refractivity contribution in [3.63, 3.8) is 0 Å². The largest absolute Gasteiger partial charge is 0.456 e. The van der Waals surface area contributed by atoms with Crippen LogP contribution in [0.2, 0.25) is 0 Å². The minimum atomic E-state index is -4.64. The van der Waals surface area contributed by atoms with E-state index in [0.717, 1.165) is 29.0 Å². The number of anilines is 1. The number of ether oxygens (including phenoxy) is 1. The van der Waals surface area contributed by atoms with E-state index >= 15 is 0 Å². The molecule has 9 heteroatoms. The number of hydrogen-bond donors (Lipinski definition) is 2. The first kappa shape index (κ1) is 20.1. The summed E-state index contributed by atoms with van der Waals surface area (Å²) >= 11 is 0. The fourth-order valence-corrected chi connectivity index (χ4v) is 2.52. The third kappa shape index (κ3) is 4.81. The Balaban J connectivity index is 1.98. The first-order valence-electron chi connectivity index (χ1n) is 8.30. The highest BCUT2D eigenvalue weighted by Gasteiger charge is 2.32.